The number of aromatic nitrogens is 4. The average Bonchev–Trinajstić information content (AvgIpc) is 3.43. The number of thiophene rings is 1. The van der Waals surface area contributed by atoms with Crippen molar-refractivity contribution in [1.29, 1.82) is 0 Å². The van der Waals surface area contributed by atoms with Crippen LogP contribution < -0.4 is 16.0 Å². The summed E-state index contributed by atoms with van der Waals surface area (Å²) in [5, 5.41) is 6.92. The van der Waals surface area contributed by atoms with Crippen LogP contribution in [0.25, 0.3) is 16.0 Å². The molecule has 0 saturated carbocycles. The first kappa shape index (κ1) is 21.5. The van der Waals surface area contributed by atoms with E-state index in [4.69, 9.17) is 16.3 Å². The van der Waals surface area contributed by atoms with Gasteiger partial charge in [-0.25, -0.2) is 13.9 Å². The van der Waals surface area contributed by atoms with Crippen molar-refractivity contribution in [2.45, 2.75) is 26.4 Å². The van der Waals surface area contributed by atoms with Crippen LogP contribution in [0.15, 0.2) is 69.6 Å². The van der Waals surface area contributed by atoms with E-state index in [1.807, 2.05) is 47.8 Å². The van der Waals surface area contributed by atoms with Gasteiger partial charge in [-0.2, -0.15) is 0 Å². The fraction of sp³-hybridized carbons (Fsp3) is 0.208. The van der Waals surface area contributed by atoms with Crippen LogP contribution in [0.3, 0.4) is 0 Å². The molecule has 33 heavy (non-hydrogen) atoms. The van der Waals surface area contributed by atoms with Crippen LogP contribution in [-0.4, -0.2) is 25.4 Å². The van der Waals surface area contributed by atoms with E-state index in [0.29, 0.717) is 27.6 Å². The maximum atomic E-state index is 13.3. The Balaban J connectivity index is 1.62. The van der Waals surface area contributed by atoms with Crippen LogP contribution >= 0.6 is 22.9 Å². The van der Waals surface area contributed by atoms with Gasteiger partial charge in [-0.15, -0.1) is 16.4 Å². The highest BCUT2D eigenvalue weighted by Gasteiger charge is 2.19. The molecule has 0 aliphatic rings. The van der Waals surface area contributed by atoms with E-state index < -0.39 is 0 Å². The van der Waals surface area contributed by atoms with Crippen molar-refractivity contribution >= 4 is 38.9 Å². The Morgan fingerprint density at radius 1 is 1.03 bits per heavy atom. The highest BCUT2D eigenvalue weighted by atomic mass is 35.5. The van der Waals surface area contributed by atoms with E-state index >= 15 is 0 Å². The lowest BCUT2D eigenvalue weighted by Crippen LogP contribution is -2.26. The minimum Gasteiger partial charge on any atom is -0.494 e. The molecule has 0 bridgehead atoms. The summed E-state index contributed by atoms with van der Waals surface area (Å²) >= 11 is 7.62. The summed E-state index contributed by atoms with van der Waals surface area (Å²) in [6.45, 7) is 3.20. The zero-order valence-corrected chi connectivity index (χ0v) is 19.5. The molecule has 0 amide bonds. The standard InChI is InChI=1S/C24H21ClN4O3S/c1-2-12-32-18-9-7-16(8-10-18)14-27-22(30)21-20(11-13-33-21)29-23(27)26-28(24(29)31)15-17-5-3-4-6-19(17)25/h3-11,13H,2,12,14-15H2,1H3. The Kier molecular flexibility index (Phi) is 5.78. The van der Waals surface area contributed by atoms with Crippen LogP contribution in [0, 0.1) is 0 Å². The predicted molar refractivity (Wildman–Crippen MR) is 131 cm³/mol. The maximum absolute atomic E-state index is 13.3. The fourth-order valence-electron chi connectivity index (χ4n) is 3.76. The molecular formula is C24H21ClN4O3S. The Hall–Kier alpha value is -3.36. The van der Waals surface area contributed by atoms with Crippen molar-refractivity contribution in [2.75, 3.05) is 6.61 Å². The van der Waals surface area contributed by atoms with Crippen LogP contribution in [0.4, 0.5) is 0 Å². The third-order valence-corrected chi connectivity index (χ3v) is 6.66. The first-order chi connectivity index (χ1) is 16.1. The van der Waals surface area contributed by atoms with Crippen LogP contribution in [0.1, 0.15) is 24.5 Å². The molecule has 2 aromatic carbocycles. The summed E-state index contributed by atoms with van der Waals surface area (Å²) in [5.74, 6) is 1.08. The van der Waals surface area contributed by atoms with Crippen molar-refractivity contribution in [3.63, 3.8) is 0 Å². The largest absolute Gasteiger partial charge is 0.494 e. The van der Waals surface area contributed by atoms with Gasteiger partial charge in [-0.3, -0.25) is 9.36 Å². The maximum Gasteiger partial charge on any atom is 0.352 e. The Morgan fingerprint density at radius 2 is 1.82 bits per heavy atom. The molecular weight excluding hydrogens is 460 g/mol. The number of halogens is 1. The van der Waals surface area contributed by atoms with E-state index in [0.717, 1.165) is 23.3 Å². The minimum atomic E-state index is -0.314. The summed E-state index contributed by atoms with van der Waals surface area (Å²) in [5.41, 5.74) is 1.77. The second kappa shape index (κ2) is 8.88. The van der Waals surface area contributed by atoms with E-state index in [9.17, 15) is 9.59 Å². The topological polar surface area (TPSA) is 70.5 Å². The van der Waals surface area contributed by atoms with Gasteiger partial charge < -0.3 is 4.74 Å². The molecule has 9 heteroatoms. The van der Waals surface area contributed by atoms with Gasteiger partial charge in [0.1, 0.15) is 10.4 Å². The third kappa shape index (κ3) is 3.96. The highest BCUT2D eigenvalue weighted by Crippen LogP contribution is 2.20. The molecule has 7 nitrogen and oxygen atoms in total. The lowest BCUT2D eigenvalue weighted by Gasteiger charge is -2.09. The second-order valence-corrected chi connectivity index (χ2v) is 9.01. The number of hydrogen-bond acceptors (Lipinski definition) is 5. The average molecular weight is 481 g/mol. The monoisotopic (exact) mass is 480 g/mol. The number of hydrogen-bond donors (Lipinski definition) is 0. The second-order valence-electron chi connectivity index (χ2n) is 7.69. The first-order valence-corrected chi connectivity index (χ1v) is 11.9. The van der Waals surface area contributed by atoms with Crippen molar-refractivity contribution in [2.24, 2.45) is 0 Å². The van der Waals surface area contributed by atoms with Crippen molar-refractivity contribution < 1.29 is 4.74 Å². The van der Waals surface area contributed by atoms with E-state index in [1.54, 1.807) is 16.7 Å². The summed E-state index contributed by atoms with van der Waals surface area (Å²) in [6.07, 6.45) is 0.932. The molecule has 3 heterocycles. The number of rotatable bonds is 7. The quantitative estimate of drug-likeness (QED) is 0.346. The van der Waals surface area contributed by atoms with Crippen LogP contribution in [-0.2, 0) is 13.1 Å². The Morgan fingerprint density at radius 3 is 2.58 bits per heavy atom. The zero-order valence-electron chi connectivity index (χ0n) is 17.9. The molecule has 0 aliphatic heterocycles. The van der Waals surface area contributed by atoms with Crippen molar-refractivity contribution in [3.05, 3.63) is 97.0 Å². The normalized spacial score (nSPS) is 11.5. The molecule has 168 valence electrons. The minimum absolute atomic E-state index is 0.172. The number of benzene rings is 2. The zero-order chi connectivity index (χ0) is 22.9. The Labute approximate surface area is 198 Å². The van der Waals surface area contributed by atoms with Gasteiger partial charge in [0.15, 0.2) is 0 Å². The summed E-state index contributed by atoms with van der Waals surface area (Å²) in [6, 6.07) is 16.7. The third-order valence-electron chi connectivity index (χ3n) is 5.40. The first-order valence-electron chi connectivity index (χ1n) is 10.6. The summed E-state index contributed by atoms with van der Waals surface area (Å²) in [4.78, 5) is 26.6. The molecule has 0 radical (unpaired) electrons. The van der Waals surface area contributed by atoms with Gasteiger partial charge in [-0.05, 0) is 47.2 Å². The molecule has 0 unspecified atom stereocenters. The Bertz CT molecular complexity index is 1560. The fourth-order valence-corrected chi connectivity index (χ4v) is 4.78. The SMILES string of the molecule is CCCOc1ccc(Cn2c(=O)c3sccc3n3c(=O)n(Cc4ccccc4Cl)nc23)cc1. The smallest absolute Gasteiger partial charge is 0.352 e. The van der Waals surface area contributed by atoms with E-state index in [1.165, 1.54) is 20.4 Å². The molecule has 0 spiro atoms. The van der Waals surface area contributed by atoms with Gasteiger partial charge in [0.2, 0.25) is 5.78 Å². The van der Waals surface area contributed by atoms with Gasteiger partial charge >= 0.3 is 5.69 Å². The number of ether oxygens (including phenoxy) is 1. The molecule has 0 N–H and O–H groups in total. The van der Waals surface area contributed by atoms with E-state index in [2.05, 4.69) is 12.0 Å². The van der Waals surface area contributed by atoms with Gasteiger partial charge in [0, 0.05) is 5.02 Å². The van der Waals surface area contributed by atoms with Gasteiger partial charge in [-0.1, -0.05) is 48.9 Å². The molecule has 0 fully saturated rings. The molecule has 5 rings (SSSR count). The van der Waals surface area contributed by atoms with E-state index in [-0.39, 0.29) is 24.3 Å². The van der Waals surface area contributed by atoms with Crippen LogP contribution in [0.5, 0.6) is 5.75 Å². The van der Waals surface area contributed by atoms with Crippen LogP contribution in [0.2, 0.25) is 5.02 Å². The summed E-state index contributed by atoms with van der Waals surface area (Å²) < 4.78 is 10.6. The molecule has 0 saturated heterocycles. The predicted octanol–water partition coefficient (Wildman–Crippen LogP) is 4.41. The lowest BCUT2D eigenvalue weighted by molar-refractivity contribution is 0.317. The molecule has 0 atom stereocenters. The van der Waals surface area contributed by atoms with Crippen molar-refractivity contribution in [3.8, 4) is 5.75 Å². The number of fused-ring (bicyclic) bond motifs is 3. The molecule has 5 aromatic rings. The van der Waals surface area contributed by atoms with Gasteiger partial charge in [0.05, 0.1) is 25.2 Å². The van der Waals surface area contributed by atoms with Gasteiger partial charge in [0.25, 0.3) is 5.56 Å². The lowest BCUT2D eigenvalue weighted by atomic mass is 10.2. The highest BCUT2D eigenvalue weighted by molar-refractivity contribution is 7.17. The number of nitrogens with zero attached hydrogens (tertiary/aromatic N) is 4. The molecule has 3 aromatic heterocycles. The summed E-state index contributed by atoms with van der Waals surface area (Å²) in [7, 11) is 0. The van der Waals surface area contributed by atoms with Crippen molar-refractivity contribution in [1.82, 2.24) is 18.7 Å². The molecule has 0 aliphatic carbocycles.